The van der Waals surface area contributed by atoms with Crippen LogP contribution in [0, 0.1) is 18.6 Å². The molecular formula is C14H10F5N. The second kappa shape index (κ2) is 4.77. The quantitative estimate of drug-likeness (QED) is 0.604. The number of aryl methyl sites for hydroxylation is 1. The van der Waals surface area contributed by atoms with Gasteiger partial charge in [0.05, 0.1) is 5.56 Å². The Morgan fingerprint density at radius 3 is 2.20 bits per heavy atom. The molecule has 2 aromatic carbocycles. The number of nitrogen functional groups attached to an aromatic ring is 1. The first kappa shape index (κ1) is 14.3. The Morgan fingerprint density at radius 1 is 0.950 bits per heavy atom. The van der Waals surface area contributed by atoms with E-state index < -0.39 is 23.4 Å². The summed E-state index contributed by atoms with van der Waals surface area (Å²) >= 11 is 0. The topological polar surface area (TPSA) is 26.0 Å². The number of benzene rings is 2. The highest BCUT2D eigenvalue weighted by Crippen LogP contribution is 2.35. The zero-order valence-electron chi connectivity index (χ0n) is 10.4. The van der Waals surface area contributed by atoms with Crippen molar-refractivity contribution in [1.29, 1.82) is 0 Å². The summed E-state index contributed by atoms with van der Waals surface area (Å²) < 4.78 is 64.9. The number of alkyl halides is 3. The molecule has 0 aliphatic carbocycles. The smallest absolute Gasteiger partial charge is 0.398 e. The largest absolute Gasteiger partial charge is 0.419 e. The molecule has 0 aromatic heterocycles. The van der Waals surface area contributed by atoms with Crippen LogP contribution in [-0.2, 0) is 6.18 Å². The van der Waals surface area contributed by atoms with Gasteiger partial charge in [-0.3, -0.25) is 0 Å². The van der Waals surface area contributed by atoms with E-state index in [1.54, 1.807) is 6.92 Å². The van der Waals surface area contributed by atoms with Crippen molar-refractivity contribution < 1.29 is 22.0 Å². The van der Waals surface area contributed by atoms with Crippen molar-refractivity contribution in [1.82, 2.24) is 0 Å². The maximum atomic E-state index is 13.8. The Kier molecular flexibility index (Phi) is 3.41. The molecule has 0 saturated heterocycles. The van der Waals surface area contributed by atoms with Gasteiger partial charge >= 0.3 is 6.18 Å². The molecule has 20 heavy (non-hydrogen) atoms. The van der Waals surface area contributed by atoms with E-state index in [1.807, 2.05) is 0 Å². The maximum absolute atomic E-state index is 13.8. The zero-order chi connectivity index (χ0) is 15.1. The van der Waals surface area contributed by atoms with Crippen LogP contribution in [0.5, 0.6) is 0 Å². The molecule has 0 amide bonds. The van der Waals surface area contributed by atoms with E-state index >= 15 is 0 Å². The number of anilines is 1. The molecule has 0 aliphatic heterocycles. The van der Waals surface area contributed by atoms with Crippen LogP contribution in [0.15, 0.2) is 30.3 Å². The average Bonchev–Trinajstić information content (AvgIpc) is 2.33. The fraction of sp³-hybridized carbons (Fsp3) is 0.143. The third-order valence-electron chi connectivity index (χ3n) is 2.94. The summed E-state index contributed by atoms with van der Waals surface area (Å²) in [6.45, 7) is 1.58. The van der Waals surface area contributed by atoms with Crippen LogP contribution in [0.1, 0.15) is 11.1 Å². The summed E-state index contributed by atoms with van der Waals surface area (Å²) in [5, 5.41) is 0. The van der Waals surface area contributed by atoms with Crippen LogP contribution in [0.2, 0.25) is 0 Å². The highest BCUT2D eigenvalue weighted by molar-refractivity contribution is 5.70. The Balaban J connectivity index is 2.63. The van der Waals surface area contributed by atoms with E-state index in [1.165, 1.54) is 6.07 Å². The molecule has 2 rings (SSSR count). The lowest BCUT2D eigenvalue weighted by Gasteiger charge is -2.12. The summed E-state index contributed by atoms with van der Waals surface area (Å²) in [6, 6.07) is 4.67. The van der Waals surface area contributed by atoms with Gasteiger partial charge in [0.2, 0.25) is 0 Å². The standard InChI is InChI=1S/C14H10F5N/c1-7-4-12(16)9(6-13(7)20)8-2-3-11(15)10(5-8)14(17,18)19/h2-6H,20H2,1H3. The first-order valence-electron chi connectivity index (χ1n) is 5.63. The lowest BCUT2D eigenvalue weighted by Crippen LogP contribution is -2.08. The van der Waals surface area contributed by atoms with E-state index in [4.69, 9.17) is 5.73 Å². The molecule has 0 aliphatic rings. The lowest BCUT2D eigenvalue weighted by atomic mass is 10.00. The highest BCUT2D eigenvalue weighted by atomic mass is 19.4. The Morgan fingerprint density at radius 2 is 1.60 bits per heavy atom. The van der Waals surface area contributed by atoms with Crippen molar-refractivity contribution in [2.75, 3.05) is 5.73 Å². The minimum Gasteiger partial charge on any atom is -0.398 e. The zero-order valence-corrected chi connectivity index (χ0v) is 10.4. The fourth-order valence-corrected chi connectivity index (χ4v) is 1.82. The third-order valence-corrected chi connectivity index (χ3v) is 2.94. The van der Waals surface area contributed by atoms with Crippen LogP contribution in [-0.4, -0.2) is 0 Å². The maximum Gasteiger partial charge on any atom is 0.419 e. The minimum atomic E-state index is -4.84. The van der Waals surface area contributed by atoms with Gasteiger partial charge in [-0.05, 0) is 42.3 Å². The summed E-state index contributed by atoms with van der Waals surface area (Å²) in [6.07, 6.45) is -4.84. The number of hydrogen-bond donors (Lipinski definition) is 1. The second-order valence-corrected chi connectivity index (χ2v) is 4.38. The molecule has 2 N–H and O–H groups in total. The summed E-state index contributed by atoms with van der Waals surface area (Å²) in [4.78, 5) is 0. The molecular weight excluding hydrogens is 277 g/mol. The normalized spacial score (nSPS) is 11.7. The molecule has 6 heteroatoms. The summed E-state index contributed by atoms with van der Waals surface area (Å²) in [7, 11) is 0. The number of nitrogens with two attached hydrogens (primary N) is 1. The molecule has 0 fully saturated rings. The Labute approximate surface area is 111 Å². The first-order chi connectivity index (χ1) is 9.20. The number of rotatable bonds is 1. The van der Waals surface area contributed by atoms with Crippen molar-refractivity contribution in [3.05, 3.63) is 53.1 Å². The minimum absolute atomic E-state index is 0.0806. The van der Waals surface area contributed by atoms with Crippen molar-refractivity contribution in [2.24, 2.45) is 0 Å². The monoisotopic (exact) mass is 287 g/mol. The van der Waals surface area contributed by atoms with Gasteiger partial charge in [-0.2, -0.15) is 13.2 Å². The molecule has 0 radical (unpaired) electrons. The van der Waals surface area contributed by atoms with E-state index in [9.17, 15) is 22.0 Å². The van der Waals surface area contributed by atoms with Gasteiger partial charge in [-0.15, -0.1) is 0 Å². The van der Waals surface area contributed by atoms with Gasteiger partial charge in [-0.1, -0.05) is 6.07 Å². The van der Waals surface area contributed by atoms with E-state index in [2.05, 4.69) is 0 Å². The van der Waals surface area contributed by atoms with Gasteiger partial charge in [-0.25, -0.2) is 8.78 Å². The van der Waals surface area contributed by atoms with Crippen LogP contribution in [0.3, 0.4) is 0 Å². The summed E-state index contributed by atoms with van der Waals surface area (Å²) in [5.74, 6) is -2.11. The molecule has 2 aromatic rings. The van der Waals surface area contributed by atoms with Gasteiger partial charge < -0.3 is 5.73 Å². The molecule has 0 heterocycles. The molecule has 0 spiro atoms. The predicted molar refractivity (Wildman–Crippen MR) is 65.9 cm³/mol. The van der Waals surface area contributed by atoms with Gasteiger partial charge in [0.15, 0.2) is 0 Å². The van der Waals surface area contributed by atoms with Crippen LogP contribution >= 0.6 is 0 Å². The SMILES string of the molecule is Cc1cc(F)c(-c2ccc(F)c(C(F)(F)F)c2)cc1N. The van der Waals surface area contributed by atoms with Gasteiger partial charge in [0, 0.05) is 11.3 Å². The molecule has 1 nitrogen and oxygen atoms in total. The van der Waals surface area contributed by atoms with E-state index in [0.29, 0.717) is 17.7 Å². The molecule has 0 saturated carbocycles. The first-order valence-corrected chi connectivity index (χ1v) is 5.63. The van der Waals surface area contributed by atoms with Crippen molar-refractivity contribution in [3.63, 3.8) is 0 Å². The highest BCUT2D eigenvalue weighted by Gasteiger charge is 2.34. The van der Waals surface area contributed by atoms with Crippen molar-refractivity contribution >= 4 is 5.69 Å². The summed E-state index contributed by atoms with van der Waals surface area (Å²) in [5.41, 5.74) is 4.73. The molecule has 106 valence electrons. The van der Waals surface area contributed by atoms with Gasteiger partial charge in [0.1, 0.15) is 11.6 Å². The van der Waals surface area contributed by atoms with Crippen LogP contribution in [0.4, 0.5) is 27.6 Å². The molecule has 0 atom stereocenters. The number of halogens is 5. The molecule has 0 bridgehead atoms. The fourth-order valence-electron chi connectivity index (χ4n) is 1.82. The van der Waals surface area contributed by atoms with Gasteiger partial charge in [0.25, 0.3) is 0 Å². The van der Waals surface area contributed by atoms with Crippen LogP contribution in [0.25, 0.3) is 11.1 Å². The molecule has 0 unspecified atom stereocenters. The Hall–Kier alpha value is -2.11. The average molecular weight is 287 g/mol. The van der Waals surface area contributed by atoms with Crippen molar-refractivity contribution in [3.8, 4) is 11.1 Å². The second-order valence-electron chi connectivity index (χ2n) is 4.38. The van der Waals surface area contributed by atoms with Crippen molar-refractivity contribution in [2.45, 2.75) is 13.1 Å². The van der Waals surface area contributed by atoms with E-state index in [0.717, 1.165) is 12.1 Å². The predicted octanol–water partition coefficient (Wildman–Crippen LogP) is 4.54. The lowest BCUT2D eigenvalue weighted by molar-refractivity contribution is -0.139. The Bertz CT molecular complexity index is 661. The third kappa shape index (κ3) is 2.59. The van der Waals surface area contributed by atoms with Crippen LogP contribution < -0.4 is 5.73 Å². The van der Waals surface area contributed by atoms with E-state index in [-0.39, 0.29) is 16.8 Å². The number of hydrogen-bond acceptors (Lipinski definition) is 1.